The lowest BCUT2D eigenvalue weighted by Crippen LogP contribution is -2.49. The molecule has 92 heavy (non-hydrogen) atoms. The lowest BCUT2D eigenvalue weighted by molar-refractivity contribution is -0.137. The molecule has 19 nitrogen and oxygen atoms in total. The molecule has 0 unspecified atom stereocenters. The second-order valence-corrected chi connectivity index (χ2v) is 22.7. The van der Waals surface area contributed by atoms with Crippen LogP contribution in [0.2, 0.25) is 0 Å². The van der Waals surface area contributed by atoms with Gasteiger partial charge in [0.1, 0.15) is 28.8 Å². The molecule has 23 heteroatoms. The summed E-state index contributed by atoms with van der Waals surface area (Å²) < 4.78 is 75.2. The second-order valence-electron chi connectivity index (χ2n) is 22.7. The Balaban J connectivity index is 0.000000196. The summed E-state index contributed by atoms with van der Waals surface area (Å²) in [6.07, 6.45) is -0.644. The van der Waals surface area contributed by atoms with Gasteiger partial charge >= 0.3 is 24.3 Å². The first-order valence-corrected chi connectivity index (χ1v) is 30.5. The standard InChI is InChI=1S/C24H31N3O4.C23H26F3N3O3.C22H26FN3O3/c1-17-5-10-23(31-4)22(15-17)25-24(29)27(16-19-6-8-21(30-3)9-7-19)20-11-13-26(14-12-20)18(2)28;1-16(30)28-13-11-18(12-14-28)29(15-17-7-9-19(32-2)10-8-17)22(31)27-21-6-4-3-5-20(21)23(24,25)26;1-16(27)25-13-11-18(12-14-25)26(15-17-7-9-19(29-2)10-8-17)22(28)24-21-6-4-3-5-20(21)23/h5-10,15,20H,11-14,16H2,1-4H3,(H,25,29);3-10,18H,11-15H2,1-2H3,(H,27,31);3-10,18H,11-15H2,1-2H3,(H,24,28). The Morgan fingerprint density at radius 1 is 0.446 bits per heavy atom. The van der Waals surface area contributed by atoms with E-state index in [1.165, 1.54) is 37.3 Å². The largest absolute Gasteiger partial charge is 0.497 e. The molecule has 3 fully saturated rings. The number of piperidine rings is 3. The summed E-state index contributed by atoms with van der Waals surface area (Å²) in [5, 5.41) is 8.18. The van der Waals surface area contributed by atoms with E-state index in [1.54, 1.807) is 86.2 Å². The molecule has 6 aromatic rings. The van der Waals surface area contributed by atoms with Gasteiger partial charge in [-0.3, -0.25) is 14.4 Å². The van der Waals surface area contributed by atoms with Crippen LogP contribution in [0, 0.1) is 12.7 Å². The second kappa shape index (κ2) is 33.5. The molecule has 3 N–H and O–H groups in total. The number of likely N-dealkylation sites (tertiary alicyclic amines) is 3. The number of nitrogens with zero attached hydrogens (tertiary/aromatic N) is 6. The molecule has 3 heterocycles. The molecule has 3 aliphatic rings. The molecular formula is C69H83F4N9O10. The normalized spacial score (nSPS) is 14.4. The zero-order valence-corrected chi connectivity index (χ0v) is 53.4. The topological polar surface area (TPSA) is 195 Å². The third kappa shape index (κ3) is 20.0. The maximum Gasteiger partial charge on any atom is 0.418 e. The molecule has 0 spiro atoms. The summed E-state index contributed by atoms with van der Waals surface area (Å²) in [6.45, 7) is 11.2. The minimum absolute atomic E-state index is 0.0336. The average Bonchev–Trinajstić information content (AvgIpc) is 1.14. The Morgan fingerprint density at radius 3 is 1.10 bits per heavy atom. The highest BCUT2D eigenvalue weighted by Gasteiger charge is 2.36. The number of anilines is 3. The quantitative estimate of drug-likeness (QED) is 0.0785. The van der Waals surface area contributed by atoms with Crippen molar-refractivity contribution in [1.29, 1.82) is 0 Å². The number of carbonyl (C=O) groups excluding carboxylic acids is 6. The van der Waals surface area contributed by atoms with E-state index >= 15 is 0 Å². The number of urea groups is 3. The van der Waals surface area contributed by atoms with Crippen LogP contribution < -0.4 is 34.9 Å². The van der Waals surface area contributed by atoms with E-state index in [1.807, 2.05) is 95.6 Å². The van der Waals surface area contributed by atoms with Crippen molar-refractivity contribution in [1.82, 2.24) is 29.4 Å². The molecule has 6 aromatic carbocycles. The number of methoxy groups -OCH3 is 4. The lowest BCUT2D eigenvalue weighted by Gasteiger charge is -2.38. The summed E-state index contributed by atoms with van der Waals surface area (Å²) in [6, 6.07) is 37.8. The Kier molecular flexibility index (Phi) is 25.5. The van der Waals surface area contributed by atoms with E-state index in [2.05, 4.69) is 16.0 Å². The number of halogens is 4. The number of amides is 9. The fraction of sp³-hybridized carbons (Fsp3) is 0.391. The number of carbonyl (C=O) groups is 6. The molecule has 0 radical (unpaired) electrons. The van der Waals surface area contributed by atoms with Gasteiger partial charge < -0.3 is 64.3 Å². The summed E-state index contributed by atoms with van der Waals surface area (Å²) in [7, 11) is 6.38. The minimum Gasteiger partial charge on any atom is -0.497 e. The molecule has 0 atom stereocenters. The monoisotopic (exact) mass is 1270 g/mol. The summed E-state index contributed by atoms with van der Waals surface area (Å²) >= 11 is 0. The highest BCUT2D eigenvalue weighted by molar-refractivity contribution is 5.92. The van der Waals surface area contributed by atoms with Crippen molar-refractivity contribution >= 4 is 52.9 Å². The van der Waals surface area contributed by atoms with Gasteiger partial charge in [-0.05, 0) is 140 Å². The van der Waals surface area contributed by atoms with Crippen molar-refractivity contribution in [2.75, 3.05) is 83.7 Å². The van der Waals surface area contributed by atoms with Crippen LogP contribution in [0.5, 0.6) is 23.0 Å². The number of hydrogen-bond donors (Lipinski definition) is 3. The predicted molar refractivity (Wildman–Crippen MR) is 344 cm³/mol. The van der Waals surface area contributed by atoms with Gasteiger partial charge in [0, 0.05) is 97.8 Å². The van der Waals surface area contributed by atoms with Crippen molar-refractivity contribution in [2.24, 2.45) is 0 Å². The van der Waals surface area contributed by atoms with Gasteiger partial charge in [0.2, 0.25) is 17.7 Å². The van der Waals surface area contributed by atoms with Crippen LogP contribution in [0.1, 0.15) is 87.1 Å². The van der Waals surface area contributed by atoms with Gasteiger partial charge in [-0.2, -0.15) is 13.2 Å². The van der Waals surface area contributed by atoms with E-state index in [0.29, 0.717) is 95.2 Å². The maximum atomic E-state index is 14.0. The molecular weight excluding hydrogens is 1190 g/mol. The average molecular weight is 1270 g/mol. The SMILES string of the molecule is COc1ccc(CN(C(=O)Nc2cc(C)ccc2OC)C2CCN(C(C)=O)CC2)cc1.COc1ccc(CN(C(=O)Nc2ccccc2C(F)(F)F)C2CCN(C(C)=O)CC2)cc1.COc1ccc(CN(C(=O)Nc2ccccc2F)C2CCN(C(C)=O)CC2)cc1. The lowest BCUT2D eigenvalue weighted by atomic mass is 10.0. The number of alkyl halides is 3. The molecule has 3 aliphatic heterocycles. The molecule has 0 aliphatic carbocycles. The van der Waals surface area contributed by atoms with Gasteiger partial charge in [-0.15, -0.1) is 0 Å². The fourth-order valence-corrected chi connectivity index (χ4v) is 11.2. The number of aryl methyl sites for hydroxylation is 1. The zero-order valence-electron chi connectivity index (χ0n) is 53.4. The fourth-order valence-electron chi connectivity index (χ4n) is 11.2. The number of rotatable bonds is 16. The van der Waals surface area contributed by atoms with Crippen molar-refractivity contribution in [3.05, 3.63) is 173 Å². The first kappa shape index (κ1) is 69.9. The minimum atomic E-state index is -4.59. The van der Waals surface area contributed by atoms with E-state index < -0.39 is 23.6 Å². The third-order valence-electron chi connectivity index (χ3n) is 16.6. The van der Waals surface area contributed by atoms with E-state index in [-0.39, 0.29) is 65.8 Å². The van der Waals surface area contributed by atoms with Crippen LogP contribution in [0.15, 0.2) is 140 Å². The summed E-state index contributed by atoms with van der Waals surface area (Å²) in [4.78, 5) is 85.1. The number of ether oxygens (including phenoxy) is 4. The molecule has 492 valence electrons. The number of hydrogen-bond acceptors (Lipinski definition) is 10. The van der Waals surface area contributed by atoms with E-state index in [4.69, 9.17) is 18.9 Å². The van der Waals surface area contributed by atoms with Gasteiger partial charge in [0.25, 0.3) is 0 Å². The van der Waals surface area contributed by atoms with E-state index in [0.717, 1.165) is 52.7 Å². The molecule has 9 rings (SSSR count). The Morgan fingerprint density at radius 2 is 0.772 bits per heavy atom. The van der Waals surface area contributed by atoms with Gasteiger partial charge in [-0.25, -0.2) is 18.8 Å². The Bertz CT molecular complexity index is 3410. The van der Waals surface area contributed by atoms with Gasteiger partial charge in [0.15, 0.2) is 0 Å². The highest BCUT2D eigenvalue weighted by atomic mass is 19.4. The van der Waals surface area contributed by atoms with Crippen LogP contribution >= 0.6 is 0 Å². The molecule has 0 bridgehead atoms. The zero-order chi connectivity index (χ0) is 66.5. The van der Waals surface area contributed by atoms with Crippen LogP contribution in [-0.2, 0) is 40.2 Å². The Hall–Kier alpha value is -9.54. The molecule has 9 amide bonds. The van der Waals surface area contributed by atoms with Crippen molar-refractivity contribution in [3.8, 4) is 23.0 Å². The molecule has 0 aromatic heterocycles. The number of para-hydroxylation sites is 2. The van der Waals surface area contributed by atoms with Crippen LogP contribution in [-0.4, -0.2) is 151 Å². The third-order valence-corrected chi connectivity index (χ3v) is 16.6. The predicted octanol–water partition coefficient (Wildman–Crippen LogP) is 12.7. The van der Waals surface area contributed by atoms with Gasteiger partial charge in [0.05, 0.1) is 51.1 Å². The summed E-state index contributed by atoms with van der Waals surface area (Å²) in [5.74, 6) is 2.42. The number of benzene rings is 6. The van der Waals surface area contributed by atoms with Crippen LogP contribution in [0.25, 0.3) is 0 Å². The smallest absolute Gasteiger partial charge is 0.418 e. The molecule has 0 saturated carbocycles. The van der Waals surface area contributed by atoms with Crippen molar-refractivity contribution < 1.29 is 65.3 Å². The van der Waals surface area contributed by atoms with Crippen LogP contribution in [0.3, 0.4) is 0 Å². The molecule has 3 saturated heterocycles. The first-order chi connectivity index (χ1) is 44.1. The highest BCUT2D eigenvalue weighted by Crippen LogP contribution is 2.36. The van der Waals surface area contributed by atoms with Crippen molar-refractivity contribution in [3.63, 3.8) is 0 Å². The summed E-state index contributed by atoms with van der Waals surface area (Å²) in [5.41, 5.74) is 3.43. The first-order valence-electron chi connectivity index (χ1n) is 30.5. The number of nitrogens with one attached hydrogen (secondary N) is 3. The maximum absolute atomic E-state index is 14.0. The van der Waals surface area contributed by atoms with Gasteiger partial charge in [-0.1, -0.05) is 66.7 Å². The Labute approximate surface area is 535 Å². The van der Waals surface area contributed by atoms with E-state index in [9.17, 15) is 46.3 Å². The van der Waals surface area contributed by atoms with Crippen molar-refractivity contribution in [2.45, 2.75) is 110 Å². The van der Waals surface area contributed by atoms with Crippen LogP contribution in [0.4, 0.5) is 49.0 Å².